The van der Waals surface area contributed by atoms with Crippen molar-refractivity contribution in [1.29, 1.82) is 0 Å². The first-order valence-electron chi connectivity index (χ1n) is 11.9. The Balaban J connectivity index is 1.54. The smallest absolute Gasteiger partial charge is 0.419 e. The fraction of sp³-hybridized carbons (Fsp3) is 0.259. The highest BCUT2D eigenvalue weighted by atomic mass is 19.4. The maximum Gasteiger partial charge on any atom is 0.419 e. The summed E-state index contributed by atoms with van der Waals surface area (Å²) in [6, 6.07) is 10.2. The van der Waals surface area contributed by atoms with Crippen molar-refractivity contribution in [2.75, 3.05) is 33.3 Å². The zero-order valence-electron chi connectivity index (χ0n) is 20.6. The second-order valence-electron chi connectivity index (χ2n) is 9.09. The van der Waals surface area contributed by atoms with E-state index in [1.165, 1.54) is 44.0 Å². The zero-order valence-corrected chi connectivity index (χ0v) is 20.6. The van der Waals surface area contributed by atoms with Crippen molar-refractivity contribution in [3.8, 4) is 28.1 Å². The van der Waals surface area contributed by atoms with Gasteiger partial charge in [-0.3, -0.25) is 9.78 Å². The number of aromatic nitrogens is 3. The van der Waals surface area contributed by atoms with Crippen molar-refractivity contribution in [2.45, 2.75) is 12.1 Å². The number of benzene rings is 2. The van der Waals surface area contributed by atoms with E-state index in [-0.39, 0.29) is 24.4 Å². The predicted octanol–water partition coefficient (Wildman–Crippen LogP) is 5.07. The predicted molar refractivity (Wildman–Crippen MR) is 133 cm³/mol. The average molecular weight is 543 g/mol. The Bertz CT molecular complexity index is 1540. The van der Waals surface area contributed by atoms with Gasteiger partial charge in [-0.25, -0.2) is 18.7 Å². The molecule has 1 N–H and O–H groups in total. The number of nitrogens with one attached hydrogen (secondary N) is 1. The lowest BCUT2D eigenvalue weighted by Crippen LogP contribution is -2.41. The molecule has 1 amide bonds. The van der Waals surface area contributed by atoms with Crippen molar-refractivity contribution in [1.82, 2.24) is 25.2 Å². The van der Waals surface area contributed by atoms with Crippen LogP contribution in [0.5, 0.6) is 5.75 Å². The molecule has 39 heavy (non-hydrogen) atoms. The normalized spacial score (nSPS) is 15.7. The van der Waals surface area contributed by atoms with E-state index in [4.69, 9.17) is 4.74 Å². The number of alkyl halides is 5. The van der Waals surface area contributed by atoms with Gasteiger partial charge in [-0.05, 0) is 41.5 Å². The van der Waals surface area contributed by atoms with Crippen LogP contribution in [-0.4, -0.2) is 65.0 Å². The Hall–Kier alpha value is -4.19. The molecule has 2 aromatic heterocycles. The molecule has 0 radical (unpaired) electrons. The molecular weight excluding hydrogens is 521 g/mol. The van der Waals surface area contributed by atoms with Gasteiger partial charge >= 0.3 is 6.18 Å². The van der Waals surface area contributed by atoms with Gasteiger partial charge in [0.05, 0.1) is 42.5 Å². The van der Waals surface area contributed by atoms with E-state index in [9.17, 15) is 26.7 Å². The van der Waals surface area contributed by atoms with E-state index < -0.39 is 36.7 Å². The first kappa shape index (κ1) is 26.4. The number of halogens is 5. The molecule has 1 fully saturated rings. The SMILES string of the molecule is COc1ccc(-c2ccc3ncnc(-c4cncc(C(=O)N5CCNCC(F)(F)C5)c4)c3c2)cc1C(F)(F)F. The number of fused-ring (bicyclic) bond motifs is 1. The maximum absolute atomic E-state index is 14.1. The molecule has 0 atom stereocenters. The molecular formula is C27H22F5N5O2. The van der Waals surface area contributed by atoms with Crippen molar-refractivity contribution in [3.63, 3.8) is 0 Å². The molecule has 12 heteroatoms. The number of pyridine rings is 1. The van der Waals surface area contributed by atoms with E-state index in [1.807, 2.05) is 0 Å². The number of carbonyl (C=O) groups is 1. The molecule has 0 bridgehead atoms. The molecule has 0 aliphatic carbocycles. The Morgan fingerprint density at radius 1 is 1.03 bits per heavy atom. The molecule has 202 valence electrons. The summed E-state index contributed by atoms with van der Waals surface area (Å²) in [6.45, 7) is -0.886. The van der Waals surface area contributed by atoms with Crippen LogP contribution >= 0.6 is 0 Å². The lowest BCUT2D eigenvalue weighted by molar-refractivity contribution is -0.138. The van der Waals surface area contributed by atoms with Gasteiger partial charge in [-0.1, -0.05) is 12.1 Å². The Kier molecular flexibility index (Phi) is 6.89. The number of hydrogen-bond donors (Lipinski definition) is 1. The molecule has 7 nitrogen and oxygen atoms in total. The quantitative estimate of drug-likeness (QED) is 0.363. The van der Waals surface area contributed by atoms with Crippen LogP contribution in [0.2, 0.25) is 0 Å². The largest absolute Gasteiger partial charge is 0.496 e. The highest BCUT2D eigenvalue weighted by molar-refractivity contribution is 5.98. The second kappa shape index (κ2) is 10.2. The van der Waals surface area contributed by atoms with Crippen molar-refractivity contribution in [2.24, 2.45) is 0 Å². The molecule has 3 heterocycles. The van der Waals surface area contributed by atoms with Crippen molar-refractivity contribution < 1.29 is 31.5 Å². The van der Waals surface area contributed by atoms with Gasteiger partial charge in [0.1, 0.15) is 12.1 Å². The third-order valence-corrected chi connectivity index (χ3v) is 6.38. The fourth-order valence-electron chi connectivity index (χ4n) is 4.52. The first-order valence-corrected chi connectivity index (χ1v) is 11.9. The summed E-state index contributed by atoms with van der Waals surface area (Å²) in [6.07, 6.45) is -0.521. The number of methoxy groups -OCH3 is 1. The van der Waals surface area contributed by atoms with Crippen LogP contribution in [-0.2, 0) is 6.18 Å². The van der Waals surface area contributed by atoms with Crippen LogP contribution in [0.15, 0.2) is 61.2 Å². The summed E-state index contributed by atoms with van der Waals surface area (Å²) in [5, 5.41) is 3.13. The van der Waals surface area contributed by atoms with Gasteiger partial charge in [-0.2, -0.15) is 13.2 Å². The van der Waals surface area contributed by atoms with E-state index in [2.05, 4.69) is 20.3 Å². The minimum atomic E-state index is -4.61. The first-order chi connectivity index (χ1) is 18.6. The van der Waals surface area contributed by atoms with E-state index in [0.29, 0.717) is 33.3 Å². The monoisotopic (exact) mass is 543 g/mol. The Labute approximate surface area is 219 Å². The molecule has 1 saturated heterocycles. The van der Waals surface area contributed by atoms with Gasteiger partial charge in [0, 0.05) is 36.4 Å². The number of ether oxygens (including phenoxy) is 1. The van der Waals surface area contributed by atoms with Crippen LogP contribution in [0.3, 0.4) is 0 Å². The third kappa shape index (κ3) is 5.51. The molecule has 2 aromatic carbocycles. The minimum absolute atomic E-state index is 0.109. The van der Waals surface area contributed by atoms with Crippen LogP contribution in [0.25, 0.3) is 33.3 Å². The number of rotatable bonds is 4. The highest BCUT2D eigenvalue weighted by Crippen LogP contribution is 2.39. The maximum atomic E-state index is 14.1. The summed E-state index contributed by atoms with van der Waals surface area (Å²) < 4.78 is 73.8. The number of hydrogen-bond acceptors (Lipinski definition) is 6. The van der Waals surface area contributed by atoms with Gasteiger partial charge in [0.2, 0.25) is 0 Å². The minimum Gasteiger partial charge on any atom is -0.496 e. The Morgan fingerprint density at radius 3 is 2.56 bits per heavy atom. The van der Waals surface area contributed by atoms with Gasteiger partial charge < -0.3 is 15.0 Å². The van der Waals surface area contributed by atoms with E-state index in [0.717, 1.165) is 11.0 Å². The Morgan fingerprint density at radius 2 is 1.79 bits per heavy atom. The number of nitrogens with zero attached hydrogens (tertiary/aromatic N) is 4. The van der Waals surface area contributed by atoms with Gasteiger partial charge in [0.25, 0.3) is 11.8 Å². The molecule has 0 spiro atoms. The summed E-state index contributed by atoms with van der Waals surface area (Å²) in [7, 11) is 1.17. The zero-order chi connectivity index (χ0) is 27.8. The third-order valence-electron chi connectivity index (χ3n) is 6.38. The standard InChI is InChI=1S/C27H22F5N5O2/c1-39-23-5-3-17(10-21(23)27(30,31)32)16-2-4-22-20(9-16)24(36-15-35-22)18-8-19(12-34-11-18)25(38)37-7-6-33-13-26(28,29)14-37/h2-5,8-12,15,33H,6-7,13-14H2,1H3. The van der Waals surface area contributed by atoms with Gasteiger partial charge in [-0.15, -0.1) is 0 Å². The topological polar surface area (TPSA) is 80.2 Å². The van der Waals surface area contributed by atoms with E-state index in [1.54, 1.807) is 18.2 Å². The summed E-state index contributed by atoms with van der Waals surface area (Å²) >= 11 is 0. The van der Waals surface area contributed by atoms with Gasteiger partial charge in [0.15, 0.2) is 0 Å². The lowest BCUT2D eigenvalue weighted by Gasteiger charge is -2.23. The average Bonchev–Trinajstić information content (AvgIpc) is 3.11. The lowest BCUT2D eigenvalue weighted by atomic mass is 9.98. The molecule has 1 aliphatic heterocycles. The number of amides is 1. The van der Waals surface area contributed by atoms with Crippen molar-refractivity contribution in [3.05, 3.63) is 72.3 Å². The van der Waals surface area contributed by atoms with Crippen LogP contribution in [0, 0.1) is 0 Å². The van der Waals surface area contributed by atoms with Crippen LogP contribution in [0.4, 0.5) is 22.0 Å². The summed E-state index contributed by atoms with van der Waals surface area (Å²) in [4.78, 5) is 26.9. The molecule has 0 saturated carbocycles. The van der Waals surface area contributed by atoms with E-state index >= 15 is 0 Å². The summed E-state index contributed by atoms with van der Waals surface area (Å²) in [5.41, 5.74) is 1.31. The fourth-order valence-corrected chi connectivity index (χ4v) is 4.52. The molecule has 5 rings (SSSR count). The van der Waals surface area contributed by atoms with Crippen molar-refractivity contribution >= 4 is 16.8 Å². The highest BCUT2D eigenvalue weighted by Gasteiger charge is 2.36. The molecule has 4 aromatic rings. The number of carbonyl (C=O) groups excluding carboxylic acids is 1. The molecule has 0 unspecified atom stereocenters. The second-order valence-corrected chi connectivity index (χ2v) is 9.09. The van der Waals surface area contributed by atoms with Crippen LogP contribution < -0.4 is 10.1 Å². The summed E-state index contributed by atoms with van der Waals surface area (Å²) in [5.74, 6) is -3.95. The van der Waals surface area contributed by atoms with Crippen LogP contribution in [0.1, 0.15) is 15.9 Å². The molecule has 1 aliphatic rings.